The fraction of sp³-hybridized carbons (Fsp3) is 0.231. The van der Waals surface area contributed by atoms with Crippen molar-refractivity contribution >= 4 is 27.7 Å². The number of anilines is 1. The van der Waals surface area contributed by atoms with Gasteiger partial charge in [-0.05, 0) is 40.0 Å². The SMILES string of the molecule is CCc1[nH]nc(NC(=O)Cc2ccc(O)c(F)c2)c1Br. The highest BCUT2D eigenvalue weighted by atomic mass is 79.9. The molecule has 0 saturated carbocycles. The lowest BCUT2D eigenvalue weighted by molar-refractivity contribution is -0.115. The molecule has 106 valence electrons. The van der Waals surface area contributed by atoms with Crippen molar-refractivity contribution in [2.24, 2.45) is 0 Å². The highest BCUT2D eigenvalue weighted by Gasteiger charge is 2.13. The van der Waals surface area contributed by atoms with E-state index >= 15 is 0 Å². The van der Waals surface area contributed by atoms with Crippen molar-refractivity contribution in [2.45, 2.75) is 19.8 Å². The number of rotatable bonds is 4. The van der Waals surface area contributed by atoms with Gasteiger partial charge in [0.2, 0.25) is 5.91 Å². The van der Waals surface area contributed by atoms with E-state index < -0.39 is 11.6 Å². The Kier molecular flexibility index (Phi) is 4.39. The first-order chi connectivity index (χ1) is 9.51. The quantitative estimate of drug-likeness (QED) is 0.800. The van der Waals surface area contributed by atoms with Gasteiger partial charge in [0.05, 0.1) is 16.6 Å². The van der Waals surface area contributed by atoms with Gasteiger partial charge in [0.15, 0.2) is 17.4 Å². The monoisotopic (exact) mass is 341 g/mol. The summed E-state index contributed by atoms with van der Waals surface area (Å²) in [7, 11) is 0. The number of carbonyl (C=O) groups excluding carboxylic acids is 1. The second kappa shape index (κ2) is 6.04. The van der Waals surface area contributed by atoms with E-state index in [9.17, 15) is 9.18 Å². The average Bonchev–Trinajstić information content (AvgIpc) is 2.75. The van der Waals surface area contributed by atoms with Crippen molar-refractivity contribution in [3.8, 4) is 5.75 Å². The molecule has 0 aliphatic heterocycles. The van der Waals surface area contributed by atoms with Gasteiger partial charge in [-0.2, -0.15) is 5.10 Å². The highest BCUT2D eigenvalue weighted by molar-refractivity contribution is 9.10. The number of nitrogens with one attached hydrogen (secondary N) is 2. The molecule has 0 aliphatic rings. The molecule has 0 saturated heterocycles. The van der Waals surface area contributed by atoms with Crippen LogP contribution in [0.15, 0.2) is 22.7 Å². The molecular formula is C13H13BrFN3O2. The molecule has 0 spiro atoms. The third kappa shape index (κ3) is 3.16. The number of aromatic nitrogens is 2. The molecular weight excluding hydrogens is 329 g/mol. The van der Waals surface area contributed by atoms with E-state index in [1.807, 2.05) is 6.92 Å². The zero-order valence-electron chi connectivity index (χ0n) is 10.7. The van der Waals surface area contributed by atoms with E-state index in [2.05, 4.69) is 31.4 Å². The molecule has 20 heavy (non-hydrogen) atoms. The molecule has 0 aliphatic carbocycles. The molecule has 0 unspecified atom stereocenters. The van der Waals surface area contributed by atoms with Crippen molar-refractivity contribution in [3.63, 3.8) is 0 Å². The topological polar surface area (TPSA) is 78.0 Å². The molecule has 7 heteroatoms. The Morgan fingerprint density at radius 2 is 2.30 bits per heavy atom. The second-order valence-corrected chi connectivity index (χ2v) is 5.02. The Hall–Kier alpha value is -1.89. The van der Waals surface area contributed by atoms with Crippen LogP contribution in [-0.4, -0.2) is 21.2 Å². The van der Waals surface area contributed by atoms with Gasteiger partial charge in [0.1, 0.15) is 0 Å². The van der Waals surface area contributed by atoms with Crippen LogP contribution in [0.2, 0.25) is 0 Å². The van der Waals surface area contributed by atoms with Crippen molar-refractivity contribution in [3.05, 3.63) is 39.7 Å². The standard InChI is InChI=1S/C13H13BrFN3O2/c1-2-9-12(14)13(18-17-9)16-11(20)6-7-3-4-10(19)8(15)5-7/h3-5,19H,2,6H2,1H3,(H2,16,17,18,20). The van der Waals surface area contributed by atoms with Crippen LogP contribution in [0.25, 0.3) is 0 Å². The van der Waals surface area contributed by atoms with E-state index in [0.29, 0.717) is 15.9 Å². The van der Waals surface area contributed by atoms with Crippen LogP contribution in [0.1, 0.15) is 18.2 Å². The van der Waals surface area contributed by atoms with Gasteiger partial charge >= 0.3 is 0 Å². The summed E-state index contributed by atoms with van der Waals surface area (Å²) < 4.78 is 13.9. The van der Waals surface area contributed by atoms with Gasteiger partial charge in [0, 0.05) is 0 Å². The van der Waals surface area contributed by atoms with E-state index in [-0.39, 0.29) is 12.3 Å². The number of benzene rings is 1. The Morgan fingerprint density at radius 1 is 1.55 bits per heavy atom. The number of halogens is 2. The minimum absolute atomic E-state index is 0.00203. The molecule has 2 rings (SSSR count). The van der Waals surface area contributed by atoms with Gasteiger partial charge in [-0.15, -0.1) is 0 Å². The van der Waals surface area contributed by atoms with E-state index in [1.54, 1.807) is 0 Å². The minimum Gasteiger partial charge on any atom is -0.505 e. The van der Waals surface area contributed by atoms with Crippen LogP contribution in [-0.2, 0) is 17.6 Å². The second-order valence-electron chi connectivity index (χ2n) is 4.23. The number of phenols is 1. The molecule has 5 nitrogen and oxygen atoms in total. The number of aromatic hydroxyl groups is 1. The molecule has 1 heterocycles. The Balaban J connectivity index is 2.05. The Bertz CT molecular complexity index is 643. The number of nitrogens with zero attached hydrogens (tertiary/aromatic N) is 1. The smallest absolute Gasteiger partial charge is 0.230 e. The van der Waals surface area contributed by atoms with Crippen molar-refractivity contribution in [1.29, 1.82) is 0 Å². The molecule has 2 aromatic rings. The minimum atomic E-state index is -0.746. The molecule has 1 amide bonds. The van der Waals surface area contributed by atoms with Crippen LogP contribution >= 0.6 is 15.9 Å². The summed E-state index contributed by atoms with van der Waals surface area (Å²) in [6.07, 6.45) is 0.755. The van der Waals surface area contributed by atoms with E-state index in [0.717, 1.165) is 18.2 Å². The molecule has 0 bridgehead atoms. The lowest BCUT2D eigenvalue weighted by atomic mass is 10.1. The summed E-state index contributed by atoms with van der Waals surface area (Å²) in [6.45, 7) is 1.96. The van der Waals surface area contributed by atoms with Crippen LogP contribution in [0.4, 0.5) is 10.2 Å². The molecule has 3 N–H and O–H groups in total. The molecule has 1 aromatic carbocycles. The normalized spacial score (nSPS) is 10.6. The Labute approximate surface area is 123 Å². The summed E-state index contributed by atoms with van der Waals surface area (Å²) >= 11 is 3.34. The van der Waals surface area contributed by atoms with Gasteiger partial charge < -0.3 is 10.4 Å². The number of H-pyrrole nitrogens is 1. The molecule has 0 fully saturated rings. The summed E-state index contributed by atoms with van der Waals surface area (Å²) in [6, 6.07) is 3.85. The number of amides is 1. The zero-order chi connectivity index (χ0) is 14.7. The first-order valence-corrected chi connectivity index (χ1v) is 6.80. The molecule has 1 aromatic heterocycles. The van der Waals surface area contributed by atoms with Gasteiger partial charge in [0.25, 0.3) is 0 Å². The Morgan fingerprint density at radius 3 is 2.90 bits per heavy atom. The summed E-state index contributed by atoms with van der Waals surface area (Å²) in [5.41, 5.74) is 1.36. The van der Waals surface area contributed by atoms with Gasteiger partial charge in [-0.1, -0.05) is 13.0 Å². The average molecular weight is 342 g/mol. The van der Waals surface area contributed by atoms with Crippen LogP contribution < -0.4 is 5.32 Å². The maximum atomic E-state index is 13.2. The first-order valence-electron chi connectivity index (χ1n) is 6.01. The van der Waals surface area contributed by atoms with Crippen LogP contribution in [0, 0.1) is 5.82 Å². The zero-order valence-corrected chi connectivity index (χ0v) is 12.3. The maximum absolute atomic E-state index is 13.2. The maximum Gasteiger partial charge on any atom is 0.230 e. The fourth-order valence-electron chi connectivity index (χ4n) is 1.70. The largest absolute Gasteiger partial charge is 0.505 e. The lowest BCUT2D eigenvalue weighted by Gasteiger charge is -2.04. The van der Waals surface area contributed by atoms with Gasteiger partial charge in [-0.25, -0.2) is 4.39 Å². The van der Waals surface area contributed by atoms with Gasteiger partial charge in [-0.3, -0.25) is 9.89 Å². The number of aromatic amines is 1. The third-order valence-electron chi connectivity index (χ3n) is 2.76. The van der Waals surface area contributed by atoms with E-state index in [4.69, 9.17) is 5.11 Å². The predicted octanol–water partition coefficient (Wildman–Crippen LogP) is 2.76. The number of phenolic OH excluding ortho intramolecular Hbond substituents is 1. The highest BCUT2D eigenvalue weighted by Crippen LogP contribution is 2.24. The first kappa shape index (κ1) is 14.5. The van der Waals surface area contributed by atoms with Crippen LogP contribution in [0.3, 0.4) is 0 Å². The van der Waals surface area contributed by atoms with Crippen molar-refractivity contribution < 1.29 is 14.3 Å². The molecule has 0 radical (unpaired) electrons. The van der Waals surface area contributed by atoms with E-state index in [1.165, 1.54) is 12.1 Å². The van der Waals surface area contributed by atoms with Crippen LogP contribution in [0.5, 0.6) is 5.75 Å². The number of aryl methyl sites for hydroxylation is 1. The fourth-order valence-corrected chi connectivity index (χ4v) is 2.26. The summed E-state index contributed by atoms with van der Waals surface area (Å²) in [5, 5.41) is 18.5. The number of carbonyl (C=O) groups is 1. The lowest BCUT2D eigenvalue weighted by Crippen LogP contribution is -2.15. The predicted molar refractivity (Wildman–Crippen MR) is 76.1 cm³/mol. The van der Waals surface area contributed by atoms with Crippen molar-refractivity contribution in [2.75, 3.05) is 5.32 Å². The number of hydrogen-bond acceptors (Lipinski definition) is 3. The summed E-state index contributed by atoms with van der Waals surface area (Å²) in [4.78, 5) is 11.9. The number of hydrogen-bond donors (Lipinski definition) is 3. The third-order valence-corrected chi connectivity index (χ3v) is 3.62. The van der Waals surface area contributed by atoms with Crippen molar-refractivity contribution in [1.82, 2.24) is 10.2 Å². The molecule has 0 atom stereocenters. The summed E-state index contributed by atoms with van der Waals surface area (Å²) in [5.74, 6) is -1.09.